The number of rotatable bonds is 18. The first-order valence-corrected chi connectivity index (χ1v) is 17.6. The molecule has 2 aromatic rings. The Bertz CT molecular complexity index is 1260. The number of likely N-dealkylation sites (tertiary alicyclic amines) is 1. The summed E-state index contributed by atoms with van der Waals surface area (Å²) in [5.74, 6) is 1.66. The number of unbranched alkanes of at least 4 members (excludes halogenated alkanes) is 2. The number of carbonyl (C=O) groups excluding carboxylic acids is 1. The van der Waals surface area contributed by atoms with Crippen molar-refractivity contribution in [3.8, 4) is 11.5 Å². The number of aliphatic hydroxyl groups excluding tert-OH is 1. The maximum absolute atomic E-state index is 13.2. The Labute approximate surface area is 289 Å². The second-order valence-electron chi connectivity index (χ2n) is 13.0. The maximum atomic E-state index is 13.2. The highest BCUT2D eigenvalue weighted by Crippen LogP contribution is 2.34. The fraction of sp³-hybridized carbons (Fsp3) is 0.639. The predicted molar refractivity (Wildman–Crippen MR) is 180 cm³/mol. The Morgan fingerprint density at radius 2 is 1.76 bits per heavy atom. The van der Waals surface area contributed by atoms with E-state index in [4.69, 9.17) is 34.1 Å². The number of benzene rings is 2. The maximum Gasteiger partial charge on any atom is 0.222 e. The molecule has 1 saturated heterocycles. The Balaban J connectivity index is 1.20. The highest BCUT2D eigenvalue weighted by molar-refractivity contribution is 5.76. The molecule has 2 fully saturated rings. The van der Waals surface area contributed by atoms with Gasteiger partial charge in [-0.2, -0.15) is 0 Å². The standard InChI is InChI=1S/C36H53N3O10/c1-44-20-8-18-37-19-22-45-33-17-12-27(23-31(33)37)26-46-34-25-38(35(41)11-6-3-7-21-47-39(42)43)24-32(40)36(34)49-30-15-13-29(14-16-30)48-28-9-4-2-5-10-28/h2,4-5,9-10,12,17,23,29-30,32,34,36,40,42-43H,3,6-8,11,13-16,18-22,24-26H2,1H3. The van der Waals surface area contributed by atoms with Crippen LogP contribution in [0.5, 0.6) is 11.5 Å². The highest BCUT2D eigenvalue weighted by atomic mass is 17.1. The number of β-amino-alcohol motifs (C(OH)–C–C–N with tert-alkyl or cyclic N) is 1. The van der Waals surface area contributed by atoms with E-state index in [0.29, 0.717) is 52.0 Å². The van der Waals surface area contributed by atoms with Gasteiger partial charge in [0.1, 0.15) is 36.4 Å². The molecule has 1 aliphatic carbocycles. The zero-order valence-electron chi connectivity index (χ0n) is 28.6. The van der Waals surface area contributed by atoms with Crippen LogP contribution in [-0.2, 0) is 30.4 Å². The van der Waals surface area contributed by atoms with Crippen LogP contribution in [0.15, 0.2) is 48.5 Å². The van der Waals surface area contributed by atoms with Gasteiger partial charge in [0.05, 0.1) is 43.0 Å². The molecule has 13 nitrogen and oxygen atoms in total. The van der Waals surface area contributed by atoms with Crippen LogP contribution in [0.1, 0.15) is 63.4 Å². The zero-order chi connectivity index (χ0) is 34.4. The van der Waals surface area contributed by atoms with E-state index in [9.17, 15) is 9.90 Å². The molecule has 13 heteroatoms. The first-order valence-electron chi connectivity index (χ1n) is 17.6. The lowest BCUT2D eigenvalue weighted by atomic mass is 9.93. The zero-order valence-corrected chi connectivity index (χ0v) is 28.6. The SMILES string of the molecule is COCCCN1CCOc2ccc(COC3CN(C(=O)CCCCCON(O)O)CC(O)C3OC3CCC(Oc4ccccc4)CC3)cc21. The van der Waals surface area contributed by atoms with Crippen molar-refractivity contribution in [2.45, 2.75) is 94.9 Å². The minimum atomic E-state index is -0.900. The molecule has 49 heavy (non-hydrogen) atoms. The Morgan fingerprint density at radius 1 is 0.959 bits per heavy atom. The van der Waals surface area contributed by atoms with E-state index in [1.807, 2.05) is 42.5 Å². The summed E-state index contributed by atoms with van der Waals surface area (Å²) in [7, 11) is 1.71. The predicted octanol–water partition coefficient (Wildman–Crippen LogP) is 4.36. The van der Waals surface area contributed by atoms with E-state index in [0.717, 1.165) is 67.9 Å². The van der Waals surface area contributed by atoms with Crippen LogP contribution in [0.3, 0.4) is 0 Å². The van der Waals surface area contributed by atoms with Gasteiger partial charge in [-0.05, 0) is 74.8 Å². The number of amides is 1. The summed E-state index contributed by atoms with van der Waals surface area (Å²) in [4.78, 5) is 21.8. The molecule has 0 bridgehead atoms. The van der Waals surface area contributed by atoms with Crippen LogP contribution in [0.2, 0.25) is 0 Å². The Hall–Kier alpha value is -3.01. The van der Waals surface area contributed by atoms with Crippen LogP contribution in [-0.4, -0.2) is 115 Å². The first kappa shape index (κ1) is 37.3. The molecule has 0 aromatic heterocycles. The van der Waals surface area contributed by atoms with Gasteiger partial charge >= 0.3 is 0 Å². The molecule has 0 spiro atoms. The topological polar surface area (TPSA) is 143 Å². The molecule has 3 unspecified atom stereocenters. The van der Waals surface area contributed by atoms with Crippen molar-refractivity contribution in [3.63, 3.8) is 0 Å². The largest absolute Gasteiger partial charge is 0.490 e. The van der Waals surface area contributed by atoms with Crippen molar-refractivity contribution in [3.05, 3.63) is 54.1 Å². The molecule has 2 heterocycles. The average Bonchev–Trinajstić information content (AvgIpc) is 3.11. The number of hydrogen-bond donors (Lipinski definition) is 3. The molecular formula is C36H53N3O10. The quantitative estimate of drug-likeness (QED) is 0.151. The summed E-state index contributed by atoms with van der Waals surface area (Å²) in [6, 6.07) is 15.9. The van der Waals surface area contributed by atoms with Crippen molar-refractivity contribution in [1.29, 1.82) is 0 Å². The summed E-state index contributed by atoms with van der Waals surface area (Å²) in [6.07, 6.45) is 4.51. The van der Waals surface area contributed by atoms with Crippen molar-refractivity contribution in [1.82, 2.24) is 10.3 Å². The van der Waals surface area contributed by atoms with E-state index in [-0.39, 0.29) is 36.7 Å². The van der Waals surface area contributed by atoms with Gasteiger partial charge in [0, 0.05) is 39.8 Å². The van der Waals surface area contributed by atoms with E-state index in [1.54, 1.807) is 12.0 Å². The van der Waals surface area contributed by atoms with Crippen molar-refractivity contribution >= 4 is 11.6 Å². The third-order valence-electron chi connectivity index (χ3n) is 9.39. The number of para-hydroxylation sites is 1. The summed E-state index contributed by atoms with van der Waals surface area (Å²) < 4.78 is 30.5. The first-order chi connectivity index (χ1) is 23.9. The van der Waals surface area contributed by atoms with E-state index < -0.39 is 18.3 Å². The van der Waals surface area contributed by atoms with Gasteiger partial charge in [0.15, 0.2) is 0 Å². The summed E-state index contributed by atoms with van der Waals surface area (Å²) in [6.45, 7) is 3.92. The van der Waals surface area contributed by atoms with Gasteiger partial charge in [-0.3, -0.25) is 20.0 Å². The molecule has 0 radical (unpaired) electrons. The lowest BCUT2D eigenvalue weighted by Crippen LogP contribution is -2.59. The molecule has 1 saturated carbocycles. The average molecular weight is 688 g/mol. The molecule has 3 N–H and O–H groups in total. The minimum absolute atomic E-state index is 0.0406. The lowest BCUT2D eigenvalue weighted by molar-refractivity contribution is -0.492. The molecule has 3 aliphatic rings. The molecule has 5 rings (SSSR count). The fourth-order valence-electron chi connectivity index (χ4n) is 6.81. The number of methoxy groups -OCH3 is 1. The summed E-state index contributed by atoms with van der Waals surface area (Å²) in [5, 5.41) is 28.4. The van der Waals surface area contributed by atoms with E-state index in [2.05, 4.69) is 15.8 Å². The van der Waals surface area contributed by atoms with Crippen LogP contribution >= 0.6 is 0 Å². The number of aliphatic hydroxyl groups is 1. The van der Waals surface area contributed by atoms with Crippen LogP contribution < -0.4 is 14.4 Å². The Kier molecular flexibility index (Phi) is 14.7. The number of hydrogen-bond acceptors (Lipinski definition) is 12. The molecular weight excluding hydrogens is 634 g/mol. The smallest absolute Gasteiger partial charge is 0.222 e. The Morgan fingerprint density at radius 3 is 2.53 bits per heavy atom. The second kappa shape index (κ2) is 19.4. The number of fused-ring (bicyclic) bond motifs is 1. The normalized spacial score (nSPS) is 24.1. The molecule has 2 aliphatic heterocycles. The van der Waals surface area contributed by atoms with Crippen molar-refractivity contribution < 1.29 is 48.8 Å². The van der Waals surface area contributed by atoms with Crippen molar-refractivity contribution in [2.24, 2.45) is 0 Å². The van der Waals surface area contributed by atoms with Gasteiger partial charge in [0.25, 0.3) is 0 Å². The lowest BCUT2D eigenvalue weighted by Gasteiger charge is -2.43. The number of piperidine rings is 1. The highest BCUT2D eigenvalue weighted by Gasteiger charge is 2.41. The van der Waals surface area contributed by atoms with Gasteiger partial charge in [-0.1, -0.05) is 30.7 Å². The number of anilines is 1. The summed E-state index contributed by atoms with van der Waals surface area (Å²) in [5.41, 5.74) is 2.00. The fourth-order valence-corrected chi connectivity index (χ4v) is 6.81. The minimum Gasteiger partial charge on any atom is -0.490 e. The third kappa shape index (κ3) is 11.5. The van der Waals surface area contributed by atoms with Gasteiger partial charge < -0.3 is 38.6 Å². The molecule has 272 valence electrons. The molecule has 2 aromatic carbocycles. The van der Waals surface area contributed by atoms with Crippen LogP contribution in [0.25, 0.3) is 0 Å². The third-order valence-corrected chi connectivity index (χ3v) is 9.39. The van der Waals surface area contributed by atoms with Crippen LogP contribution in [0, 0.1) is 0 Å². The van der Waals surface area contributed by atoms with Crippen LogP contribution in [0.4, 0.5) is 5.69 Å². The van der Waals surface area contributed by atoms with Crippen molar-refractivity contribution in [2.75, 3.05) is 58.0 Å². The second-order valence-corrected chi connectivity index (χ2v) is 13.0. The van der Waals surface area contributed by atoms with Gasteiger partial charge in [0.2, 0.25) is 5.91 Å². The van der Waals surface area contributed by atoms with Gasteiger partial charge in [-0.25, -0.2) is 0 Å². The molecule has 1 amide bonds. The van der Waals surface area contributed by atoms with E-state index >= 15 is 0 Å². The summed E-state index contributed by atoms with van der Waals surface area (Å²) >= 11 is 0. The van der Waals surface area contributed by atoms with Gasteiger partial charge in [-0.15, -0.1) is 0 Å². The monoisotopic (exact) mass is 687 g/mol. The molecule has 3 atom stereocenters. The number of nitrogens with zero attached hydrogens (tertiary/aromatic N) is 3. The number of carbonyl (C=O) groups is 1. The number of ether oxygens (including phenoxy) is 5. The van der Waals surface area contributed by atoms with E-state index in [1.165, 1.54) is 0 Å².